The molecule has 0 saturated carbocycles. The summed E-state index contributed by atoms with van der Waals surface area (Å²) in [6.45, 7) is 6.54. The van der Waals surface area contributed by atoms with Crippen molar-refractivity contribution in [2.75, 3.05) is 0 Å². The number of aryl methyl sites for hydroxylation is 1. The van der Waals surface area contributed by atoms with Gasteiger partial charge in [0.2, 0.25) is 0 Å². The van der Waals surface area contributed by atoms with E-state index in [9.17, 15) is 0 Å². The van der Waals surface area contributed by atoms with Gasteiger partial charge in [-0.3, -0.25) is 0 Å². The fourth-order valence-electron chi connectivity index (χ4n) is 1.04. The summed E-state index contributed by atoms with van der Waals surface area (Å²) in [5.74, 6) is 0. The first-order valence-electron chi connectivity index (χ1n) is 3.57. The summed E-state index contributed by atoms with van der Waals surface area (Å²) in [5, 5.41) is 0. The third-order valence-corrected chi connectivity index (χ3v) is 4.65. The van der Waals surface area contributed by atoms with Crippen LogP contribution in [0.15, 0.2) is 12.1 Å². The van der Waals surface area contributed by atoms with Crippen molar-refractivity contribution in [1.82, 2.24) is 0 Å². The number of rotatable bonds is 1. The summed E-state index contributed by atoms with van der Waals surface area (Å²) >= 11 is 0.447. The Bertz CT molecular complexity index is 269. The molecular weight excluding hydrogens is 215 g/mol. The molecule has 1 aromatic rings. The molecule has 0 aromatic heterocycles. The molecule has 0 aliphatic heterocycles. The van der Waals surface area contributed by atoms with Crippen LogP contribution in [0, 0.1) is 20.8 Å². The average molecular weight is 226 g/mol. The summed E-state index contributed by atoms with van der Waals surface area (Å²) < 4.78 is 1.46. The summed E-state index contributed by atoms with van der Waals surface area (Å²) in [6.07, 6.45) is 0. The maximum atomic E-state index is 3.58. The Hall–Kier alpha value is -0.0436. The van der Waals surface area contributed by atoms with E-state index in [0.717, 1.165) is 0 Å². The molecule has 0 fully saturated rings. The van der Waals surface area contributed by atoms with E-state index in [4.69, 9.17) is 0 Å². The average Bonchev–Trinajstić information content (AvgIpc) is 2.01. The molecule has 0 bridgehead atoms. The van der Waals surface area contributed by atoms with Gasteiger partial charge in [-0.05, 0) is 0 Å². The normalized spacial score (nSPS) is 10.2. The van der Waals surface area contributed by atoms with Crippen LogP contribution >= 0.6 is 0 Å². The van der Waals surface area contributed by atoms with Crippen LogP contribution in [0.1, 0.15) is 16.7 Å². The molecule has 0 heterocycles. The Morgan fingerprint density at radius 1 is 1.09 bits per heavy atom. The van der Waals surface area contributed by atoms with Crippen molar-refractivity contribution in [1.29, 1.82) is 0 Å². The minimum atomic E-state index is 0.447. The van der Waals surface area contributed by atoms with Crippen molar-refractivity contribution < 1.29 is 0 Å². The van der Waals surface area contributed by atoms with E-state index < -0.39 is 0 Å². The third kappa shape index (κ3) is 1.75. The van der Waals surface area contributed by atoms with E-state index >= 15 is 0 Å². The van der Waals surface area contributed by atoms with Crippen LogP contribution in [0.2, 0.25) is 0 Å². The quantitative estimate of drug-likeness (QED) is 0.627. The molecular formula is C9H11SeSi. The molecule has 11 heavy (non-hydrogen) atoms. The van der Waals surface area contributed by atoms with Gasteiger partial charge < -0.3 is 0 Å². The SMILES string of the molecule is Cc1ccc([Se][Si])c(C)c1C. The Morgan fingerprint density at radius 3 is 2.27 bits per heavy atom. The zero-order valence-corrected chi connectivity index (χ0v) is 9.78. The Morgan fingerprint density at radius 2 is 1.73 bits per heavy atom. The van der Waals surface area contributed by atoms with Crippen LogP contribution in [-0.4, -0.2) is 23.2 Å². The van der Waals surface area contributed by atoms with Gasteiger partial charge in [-0.1, -0.05) is 0 Å². The van der Waals surface area contributed by atoms with E-state index in [1.54, 1.807) is 0 Å². The van der Waals surface area contributed by atoms with Crippen LogP contribution < -0.4 is 4.46 Å². The number of benzene rings is 1. The number of hydrogen-bond acceptors (Lipinski definition) is 0. The first-order chi connectivity index (χ1) is 5.16. The van der Waals surface area contributed by atoms with Crippen molar-refractivity contribution in [2.45, 2.75) is 20.8 Å². The summed E-state index contributed by atoms with van der Waals surface area (Å²) in [4.78, 5) is 0. The molecule has 0 spiro atoms. The van der Waals surface area contributed by atoms with Gasteiger partial charge in [-0.25, -0.2) is 0 Å². The van der Waals surface area contributed by atoms with E-state index in [-0.39, 0.29) is 0 Å². The van der Waals surface area contributed by atoms with Gasteiger partial charge in [0.25, 0.3) is 0 Å². The first kappa shape index (κ1) is 9.05. The predicted octanol–water partition coefficient (Wildman–Crippen LogP) is 1.02. The number of hydrogen-bond donors (Lipinski definition) is 0. The maximum absolute atomic E-state index is 3.58. The molecule has 0 atom stereocenters. The van der Waals surface area contributed by atoms with Crippen molar-refractivity contribution in [2.24, 2.45) is 0 Å². The minimum absolute atomic E-state index is 0.447. The van der Waals surface area contributed by atoms with Gasteiger partial charge in [0, 0.05) is 0 Å². The van der Waals surface area contributed by atoms with Crippen LogP contribution in [0.5, 0.6) is 0 Å². The molecule has 57 valence electrons. The van der Waals surface area contributed by atoms with Gasteiger partial charge in [-0.2, -0.15) is 0 Å². The van der Waals surface area contributed by atoms with Crippen LogP contribution in [0.25, 0.3) is 0 Å². The van der Waals surface area contributed by atoms with Gasteiger partial charge >= 0.3 is 77.2 Å². The molecule has 0 aliphatic carbocycles. The monoisotopic (exact) mass is 227 g/mol. The van der Waals surface area contributed by atoms with Crippen molar-refractivity contribution in [3.05, 3.63) is 28.8 Å². The molecule has 0 N–H and O–H groups in total. The van der Waals surface area contributed by atoms with Gasteiger partial charge in [0.05, 0.1) is 0 Å². The molecule has 0 amide bonds. The fraction of sp³-hybridized carbons (Fsp3) is 0.333. The van der Waals surface area contributed by atoms with Crippen LogP contribution in [0.3, 0.4) is 0 Å². The van der Waals surface area contributed by atoms with E-state index in [0.29, 0.717) is 14.3 Å². The van der Waals surface area contributed by atoms with E-state index in [2.05, 4.69) is 41.8 Å². The second-order valence-corrected chi connectivity index (χ2v) is 5.14. The molecule has 1 aromatic carbocycles. The van der Waals surface area contributed by atoms with Crippen molar-refractivity contribution in [3.8, 4) is 0 Å². The first-order valence-corrected chi connectivity index (χ1v) is 7.40. The standard InChI is InChI=1S/C9H11SeSi/c1-6-4-5-9(10-11)8(3)7(6)2/h4-5H,1-3H3. The molecule has 3 radical (unpaired) electrons. The van der Waals surface area contributed by atoms with Gasteiger partial charge in [-0.15, -0.1) is 0 Å². The van der Waals surface area contributed by atoms with E-state index in [1.807, 2.05) is 0 Å². The molecule has 0 nitrogen and oxygen atoms in total. The third-order valence-electron chi connectivity index (χ3n) is 2.12. The predicted molar refractivity (Wildman–Crippen MR) is 51.8 cm³/mol. The Kier molecular flexibility index (Phi) is 2.94. The molecule has 0 unspecified atom stereocenters. The second-order valence-electron chi connectivity index (χ2n) is 2.73. The van der Waals surface area contributed by atoms with E-state index in [1.165, 1.54) is 21.2 Å². The van der Waals surface area contributed by atoms with Crippen molar-refractivity contribution >= 4 is 27.6 Å². The van der Waals surface area contributed by atoms with Crippen LogP contribution in [0.4, 0.5) is 0 Å². The molecule has 2 heteroatoms. The Labute approximate surface area is 77.4 Å². The van der Waals surface area contributed by atoms with Gasteiger partial charge in [0.1, 0.15) is 0 Å². The zero-order valence-electron chi connectivity index (χ0n) is 7.06. The topological polar surface area (TPSA) is 0 Å². The summed E-state index contributed by atoms with van der Waals surface area (Å²) in [5.41, 5.74) is 4.27. The molecule has 0 saturated heterocycles. The molecule has 1 rings (SSSR count). The second kappa shape index (κ2) is 3.57. The molecule has 0 aliphatic rings. The summed E-state index contributed by atoms with van der Waals surface area (Å²) in [6, 6.07) is 4.41. The Balaban J connectivity index is 3.25. The van der Waals surface area contributed by atoms with Gasteiger partial charge in [0.15, 0.2) is 0 Å². The zero-order chi connectivity index (χ0) is 8.43. The van der Waals surface area contributed by atoms with Crippen molar-refractivity contribution in [3.63, 3.8) is 0 Å². The fourth-order valence-corrected chi connectivity index (χ4v) is 3.12. The van der Waals surface area contributed by atoms with Crippen LogP contribution in [-0.2, 0) is 0 Å². The summed E-state index contributed by atoms with van der Waals surface area (Å²) in [7, 11) is 3.58.